The summed E-state index contributed by atoms with van der Waals surface area (Å²) in [6.07, 6.45) is 2.08. The van der Waals surface area contributed by atoms with E-state index in [2.05, 4.69) is 5.32 Å². The summed E-state index contributed by atoms with van der Waals surface area (Å²) in [6, 6.07) is 0. The van der Waals surface area contributed by atoms with Crippen LogP contribution in [0.3, 0.4) is 0 Å². The first-order valence-electron chi connectivity index (χ1n) is 6.33. The summed E-state index contributed by atoms with van der Waals surface area (Å²) in [5.41, 5.74) is -1.15. The monoisotopic (exact) mass is 243 g/mol. The third kappa shape index (κ3) is 4.36. The number of nitrogens with one attached hydrogen (secondary N) is 1. The Kier molecular flexibility index (Phi) is 6.21. The van der Waals surface area contributed by atoms with Crippen LogP contribution >= 0.6 is 0 Å². The van der Waals surface area contributed by atoms with Crippen LogP contribution in [-0.2, 0) is 9.59 Å². The van der Waals surface area contributed by atoms with Crippen molar-refractivity contribution in [3.8, 4) is 0 Å². The Hall–Kier alpha value is -1.06. The number of hydrogen-bond donors (Lipinski definition) is 2. The summed E-state index contributed by atoms with van der Waals surface area (Å²) in [5, 5.41) is 11.8. The standard InChI is InChI=1S/C13H25NO3/c1-6-8-13(5,12(16)17)14-11(15)10(4)9(3)7-2/h9-10H,6-8H2,1-5H3,(H,14,15)(H,16,17). The van der Waals surface area contributed by atoms with E-state index in [9.17, 15) is 14.7 Å². The Morgan fingerprint density at radius 1 is 1.29 bits per heavy atom. The highest BCUT2D eigenvalue weighted by atomic mass is 16.4. The van der Waals surface area contributed by atoms with Gasteiger partial charge in [0.25, 0.3) is 0 Å². The van der Waals surface area contributed by atoms with Crippen LogP contribution in [0, 0.1) is 11.8 Å². The van der Waals surface area contributed by atoms with Crippen molar-refractivity contribution in [1.82, 2.24) is 5.32 Å². The number of aliphatic carboxylic acids is 1. The second-order valence-electron chi connectivity index (χ2n) is 5.05. The van der Waals surface area contributed by atoms with Crippen molar-refractivity contribution in [1.29, 1.82) is 0 Å². The van der Waals surface area contributed by atoms with E-state index in [4.69, 9.17) is 0 Å². The lowest BCUT2D eigenvalue weighted by atomic mass is 9.90. The second kappa shape index (κ2) is 6.62. The molecule has 0 heterocycles. The van der Waals surface area contributed by atoms with Gasteiger partial charge in [-0.1, -0.05) is 40.5 Å². The Morgan fingerprint density at radius 2 is 1.82 bits per heavy atom. The second-order valence-corrected chi connectivity index (χ2v) is 5.05. The molecule has 0 saturated heterocycles. The van der Waals surface area contributed by atoms with Crippen LogP contribution < -0.4 is 5.32 Å². The summed E-state index contributed by atoms with van der Waals surface area (Å²) in [6.45, 7) is 9.35. The number of hydrogen-bond acceptors (Lipinski definition) is 2. The Labute approximate surface area is 104 Å². The molecule has 100 valence electrons. The number of carboxylic acids is 1. The maximum Gasteiger partial charge on any atom is 0.329 e. The van der Waals surface area contributed by atoms with Crippen LogP contribution in [0.4, 0.5) is 0 Å². The van der Waals surface area contributed by atoms with E-state index in [0.717, 1.165) is 12.8 Å². The molecule has 0 aliphatic carbocycles. The van der Waals surface area contributed by atoms with Gasteiger partial charge in [0, 0.05) is 5.92 Å². The van der Waals surface area contributed by atoms with Crippen molar-refractivity contribution in [3.63, 3.8) is 0 Å². The van der Waals surface area contributed by atoms with Gasteiger partial charge >= 0.3 is 5.97 Å². The lowest BCUT2D eigenvalue weighted by Gasteiger charge is -2.28. The van der Waals surface area contributed by atoms with Crippen molar-refractivity contribution < 1.29 is 14.7 Å². The quantitative estimate of drug-likeness (QED) is 0.721. The van der Waals surface area contributed by atoms with Crippen LogP contribution in [-0.4, -0.2) is 22.5 Å². The zero-order valence-electron chi connectivity index (χ0n) is 11.5. The molecular formula is C13H25NO3. The molecule has 2 N–H and O–H groups in total. The van der Waals surface area contributed by atoms with E-state index in [1.807, 2.05) is 27.7 Å². The summed E-state index contributed by atoms with van der Waals surface area (Å²) >= 11 is 0. The Morgan fingerprint density at radius 3 is 2.18 bits per heavy atom. The van der Waals surface area contributed by atoms with E-state index < -0.39 is 11.5 Å². The maximum atomic E-state index is 12.0. The SMILES string of the molecule is CCCC(C)(NC(=O)C(C)C(C)CC)C(=O)O. The van der Waals surface area contributed by atoms with Crippen molar-refractivity contribution >= 4 is 11.9 Å². The molecule has 0 aromatic heterocycles. The van der Waals surface area contributed by atoms with Gasteiger partial charge in [-0.05, 0) is 19.3 Å². The van der Waals surface area contributed by atoms with Crippen molar-refractivity contribution in [3.05, 3.63) is 0 Å². The summed E-state index contributed by atoms with van der Waals surface area (Å²) in [4.78, 5) is 23.2. The van der Waals surface area contributed by atoms with Gasteiger partial charge in [-0.2, -0.15) is 0 Å². The molecule has 0 aliphatic rings. The minimum absolute atomic E-state index is 0.157. The van der Waals surface area contributed by atoms with E-state index in [1.165, 1.54) is 0 Å². The Balaban J connectivity index is 4.67. The first-order chi connectivity index (χ1) is 7.78. The highest BCUT2D eigenvalue weighted by Crippen LogP contribution is 2.18. The largest absolute Gasteiger partial charge is 0.480 e. The fourth-order valence-corrected chi connectivity index (χ4v) is 1.72. The van der Waals surface area contributed by atoms with Crippen LogP contribution in [0.15, 0.2) is 0 Å². The molecule has 0 fully saturated rings. The molecule has 0 aromatic rings. The molecule has 0 radical (unpaired) electrons. The van der Waals surface area contributed by atoms with E-state index in [-0.39, 0.29) is 17.7 Å². The molecule has 4 nitrogen and oxygen atoms in total. The van der Waals surface area contributed by atoms with Crippen molar-refractivity contribution in [2.75, 3.05) is 0 Å². The predicted octanol–water partition coefficient (Wildman–Crippen LogP) is 2.43. The fourth-order valence-electron chi connectivity index (χ4n) is 1.72. The number of carbonyl (C=O) groups excluding carboxylic acids is 1. The number of carboxylic acid groups (broad SMARTS) is 1. The molecule has 0 aliphatic heterocycles. The van der Waals surface area contributed by atoms with Gasteiger partial charge < -0.3 is 10.4 Å². The van der Waals surface area contributed by atoms with Crippen LogP contribution in [0.2, 0.25) is 0 Å². The zero-order chi connectivity index (χ0) is 13.6. The van der Waals surface area contributed by atoms with E-state index in [0.29, 0.717) is 6.42 Å². The molecule has 3 atom stereocenters. The molecule has 0 spiro atoms. The van der Waals surface area contributed by atoms with E-state index >= 15 is 0 Å². The van der Waals surface area contributed by atoms with Gasteiger partial charge in [0.1, 0.15) is 5.54 Å². The molecule has 17 heavy (non-hydrogen) atoms. The third-order valence-electron chi connectivity index (χ3n) is 3.53. The summed E-state index contributed by atoms with van der Waals surface area (Å²) in [7, 11) is 0. The number of carbonyl (C=O) groups is 2. The molecule has 0 aromatic carbocycles. The van der Waals surface area contributed by atoms with Gasteiger partial charge in [-0.15, -0.1) is 0 Å². The predicted molar refractivity (Wildman–Crippen MR) is 67.7 cm³/mol. The van der Waals surface area contributed by atoms with Crippen LogP contribution in [0.5, 0.6) is 0 Å². The topological polar surface area (TPSA) is 66.4 Å². The van der Waals surface area contributed by atoms with Gasteiger partial charge in [-0.3, -0.25) is 4.79 Å². The average Bonchev–Trinajstić information content (AvgIpc) is 2.26. The minimum atomic E-state index is -1.15. The van der Waals surface area contributed by atoms with Gasteiger partial charge in [0.05, 0.1) is 0 Å². The average molecular weight is 243 g/mol. The highest BCUT2D eigenvalue weighted by Gasteiger charge is 2.35. The number of amides is 1. The highest BCUT2D eigenvalue weighted by molar-refractivity contribution is 5.87. The maximum absolute atomic E-state index is 12.0. The molecule has 1 amide bonds. The zero-order valence-corrected chi connectivity index (χ0v) is 11.5. The van der Waals surface area contributed by atoms with Gasteiger partial charge in [0.2, 0.25) is 5.91 Å². The van der Waals surface area contributed by atoms with Gasteiger partial charge in [0.15, 0.2) is 0 Å². The third-order valence-corrected chi connectivity index (χ3v) is 3.53. The van der Waals surface area contributed by atoms with Crippen LogP contribution in [0.1, 0.15) is 53.9 Å². The van der Waals surface area contributed by atoms with Crippen molar-refractivity contribution in [2.45, 2.75) is 59.4 Å². The molecule has 4 heteroatoms. The first-order valence-corrected chi connectivity index (χ1v) is 6.33. The molecule has 3 unspecified atom stereocenters. The molecular weight excluding hydrogens is 218 g/mol. The molecule has 0 rings (SSSR count). The first kappa shape index (κ1) is 15.9. The molecule has 0 saturated carbocycles. The van der Waals surface area contributed by atoms with Gasteiger partial charge in [-0.25, -0.2) is 4.79 Å². The van der Waals surface area contributed by atoms with Crippen molar-refractivity contribution in [2.24, 2.45) is 11.8 Å². The van der Waals surface area contributed by atoms with Crippen LogP contribution in [0.25, 0.3) is 0 Å². The number of rotatable bonds is 7. The van der Waals surface area contributed by atoms with E-state index in [1.54, 1.807) is 6.92 Å². The summed E-state index contributed by atoms with van der Waals surface area (Å²) in [5.74, 6) is -1.04. The normalized spacial score (nSPS) is 17.9. The molecule has 0 bridgehead atoms. The minimum Gasteiger partial charge on any atom is -0.480 e. The lowest BCUT2D eigenvalue weighted by Crippen LogP contribution is -2.54. The lowest BCUT2D eigenvalue weighted by molar-refractivity contribution is -0.148. The smallest absolute Gasteiger partial charge is 0.329 e. The summed E-state index contributed by atoms with van der Waals surface area (Å²) < 4.78 is 0. The Bertz CT molecular complexity index is 278. The fraction of sp³-hybridized carbons (Fsp3) is 0.846.